The summed E-state index contributed by atoms with van der Waals surface area (Å²) in [6.07, 6.45) is 3.80. The van der Waals surface area contributed by atoms with Gasteiger partial charge in [-0.1, -0.05) is 27.7 Å². The van der Waals surface area contributed by atoms with Gasteiger partial charge in [0.15, 0.2) is 0 Å². The number of nitrogens with one attached hydrogen (secondary N) is 1. The first-order valence-electron chi connectivity index (χ1n) is 8.22. The molecule has 20 heavy (non-hydrogen) atoms. The molecule has 0 aromatic rings. The van der Waals surface area contributed by atoms with Crippen LogP contribution in [0.2, 0.25) is 0 Å². The average Bonchev–Trinajstić information content (AvgIpc) is 2.31. The van der Waals surface area contributed by atoms with Crippen LogP contribution in [0.15, 0.2) is 0 Å². The quantitative estimate of drug-likeness (QED) is 0.839. The van der Waals surface area contributed by atoms with Gasteiger partial charge in [0.1, 0.15) is 0 Å². The summed E-state index contributed by atoms with van der Waals surface area (Å²) in [5.74, 6) is 0.620. The van der Waals surface area contributed by atoms with E-state index in [1.54, 1.807) is 0 Å². The summed E-state index contributed by atoms with van der Waals surface area (Å²) in [4.78, 5) is 0. The highest BCUT2D eigenvalue weighted by Crippen LogP contribution is 2.43. The predicted molar refractivity (Wildman–Crippen MR) is 83.0 cm³/mol. The zero-order chi connectivity index (χ0) is 15.0. The van der Waals surface area contributed by atoms with Crippen LogP contribution in [0, 0.1) is 11.3 Å². The minimum Gasteiger partial charge on any atom is -0.377 e. The summed E-state index contributed by atoms with van der Waals surface area (Å²) in [6, 6.07) is 1.17. The molecule has 3 nitrogen and oxygen atoms in total. The number of ether oxygens (including phenoxy) is 2. The van der Waals surface area contributed by atoms with Gasteiger partial charge in [-0.3, -0.25) is 0 Å². The summed E-state index contributed by atoms with van der Waals surface area (Å²) in [5.41, 5.74) is 0.273. The molecule has 2 aliphatic rings. The first kappa shape index (κ1) is 16.3. The Bertz CT molecular complexity index is 325. The Labute approximate surface area is 124 Å². The van der Waals surface area contributed by atoms with Crippen LogP contribution in [-0.4, -0.2) is 37.0 Å². The van der Waals surface area contributed by atoms with E-state index in [1.807, 2.05) is 0 Å². The molecule has 3 atom stereocenters. The van der Waals surface area contributed by atoms with Gasteiger partial charge < -0.3 is 14.8 Å². The number of rotatable bonds is 5. The van der Waals surface area contributed by atoms with Crippen LogP contribution >= 0.6 is 0 Å². The van der Waals surface area contributed by atoms with Crippen LogP contribution in [0.5, 0.6) is 0 Å². The van der Waals surface area contributed by atoms with Crippen molar-refractivity contribution in [2.45, 2.75) is 84.6 Å². The number of hydrogen-bond acceptors (Lipinski definition) is 3. The lowest BCUT2D eigenvalue weighted by Gasteiger charge is -2.54. The molecule has 1 saturated heterocycles. The van der Waals surface area contributed by atoms with Crippen LogP contribution in [0.3, 0.4) is 0 Å². The molecule has 0 aromatic heterocycles. The maximum absolute atomic E-state index is 6.05. The van der Waals surface area contributed by atoms with E-state index in [9.17, 15) is 0 Å². The monoisotopic (exact) mass is 283 g/mol. The van der Waals surface area contributed by atoms with Crippen molar-refractivity contribution in [3.8, 4) is 0 Å². The summed E-state index contributed by atoms with van der Waals surface area (Å²) in [5, 5.41) is 3.86. The van der Waals surface area contributed by atoms with E-state index in [2.05, 4.69) is 46.9 Å². The Balaban J connectivity index is 1.80. The molecule has 2 rings (SSSR count). The van der Waals surface area contributed by atoms with Crippen molar-refractivity contribution >= 4 is 0 Å². The SMILES string of the molecule is CC(C)COC1CC(NC2CCOC(C)(C)C2)C1(C)C. The molecular formula is C17H33NO2. The molecule has 0 amide bonds. The van der Waals surface area contributed by atoms with Crippen LogP contribution in [-0.2, 0) is 9.47 Å². The maximum atomic E-state index is 6.05. The first-order chi connectivity index (χ1) is 9.21. The third-order valence-corrected chi connectivity index (χ3v) is 4.94. The third kappa shape index (κ3) is 3.75. The molecule has 0 spiro atoms. The smallest absolute Gasteiger partial charge is 0.0656 e. The van der Waals surface area contributed by atoms with Crippen molar-refractivity contribution in [3.63, 3.8) is 0 Å². The fourth-order valence-corrected chi connectivity index (χ4v) is 3.42. The van der Waals surface area contributed by atoms with E-state index in [4.69, 9.17) is 9.47 Å². The van der Waals surface area contributed by atoms with Crippen molar-refractivity contribution in [3.05, 3.63) is 0 Å². The second-order valence-corrected chi connectivity index (χ2v) is 8.29. The van der Waals surface area contributed by atoms with Crippen LogP contribution < -0.4 is 5.32 Å². The van der Waals surface area contributed by atoms with E-state index < -0.39 is 0 Å². The van der Waals surface area contributed by atoms with Gasteiger partial charge in [0.2, 0.25) is 0 Å². The average molecular weight is 283 g/mol. The largest absolute Gasteiger partial charge is 0.377 e. The number of hydrogen-bond donors (Lipinski definition) is 1. The molecule has 1 aliphatic heterocycles. The predicted octanol–water partition coefficient (Wildman–Crippen LogP) is 3.37. The summed E-state index contributed by atoms with van der Waals surface area (Å²) in [6.45, 7) is 15.3. The van der Waals surface area contributed by atoms with E-state index >= 15 is 0 Å². The van der Waals surface area contributed by atoms with E-state index in [-0.39, 0.29) is 11.0 Å². The molecule has 3 heteroatoms. The molecule has 0 bridgehead atoms. The Morgan fingerprint density at radius 1 is 1.25 bits per heavy atom. The van der Waals surface area contributed by atoms with Gasteiger partial charge in [0.05, 0.1) is 11.7 Å². The minimum atomic E-state index is 0.0251. The molecule has 1 heterocycles. The van der Waals surface area contributed by atoms with Gasteiger partial charge in [0, 0.05) is 30.7 Å². The summed E-state index contributed by atoms with van der Waals surface area (Å²) >= 11 is 0. The molecule has 1 N–H and O–H groups in total. The van der Waals surface area contributed by atoms with Gasteiger partial charge >= 0.3 is 0 Å². The zero-order valence-electron chi connectivity index (χ0n) is 14.2. The zero-order valence-corrected chi connectivity index (χ0v) is 14.2. The van der Waals surface area contributed by atoms with Crippen LogP contribution in [0.1, 0.15) is 60.8 Å². The van der Waals surface area contributed by atoms with Crippen molar-refractivity contribution in [1.29, 1.82) is 0 Å². The third-order valence-electron chi connectivity index (χ3n) is 4.94. The molecular weight excluding hydrogens is 250 g/mol. The fourth-order valence-electron chi connectivity index (χ4n) is 3.42. The lowest BCUT2D eigenvalue weighted by atomic mass is 9.64. The lowest BCUT2D eigenvalue weighted by molar-refractivity contribution is -0.132. The molecule has 1 saturated carbocycles. The molecule has 3 unspecified atom stereocenters. The Kier molecular flexibility index (Phi) is 4.83. The molecule has 1 aliphatic carbocycles. The highest BCUT2D eigenvalue weighted by Gasteiger charge is 2.49. The molecule has 118 valence electrons. The lowest BCUT2D eigenvalue weighted by Crippen LogP contribution is -2.64. The van der Waals surface area contributed by atoms with Gasteiger partial charge in [0.25, 0.3) is 0 Å². The molecule has 0 radical (unpaired) electrons. The second-order valence-electron chi connectivity index (χ2n) is 8.29. The van der Waals surface area contributed by atoms with Crippen LogP contribution in [0.25, 0.3) is 0 Å². The Hall–Kier alpha value is -0.120. The highest BCUT2D eigenvalue weighted by molar-refractivity contribution is 5.04. The normalized spacial score (nSPS) is 35.9. The second kappa shape index (κ2) is 5.94. The minimum absolute atomic E-state index is 0.0251. The Morgan fingerprint density at radius 2 is 1.95 bits per heavy atom. The first-order valence-corrected chi connectivity index (χ1v) is 8.22. The standard InChI is InChI=1S/C17H33NO2/c1-12(2)11-19-15-9-14(17(15,5)6)18-13-7-8-20-16(3,4)10-13/h12-15,18H,7-11H2,1-6H3. The highest BCUT2D eigenvalue weighted by atomic mass is 16.5. The van der Waals surface area contributed by atoms with Gasteiger partial charge in [-0.25, -0.2) is 0 Å². The van der Waals surface area contributed by atoms with E-state index in [1.165, 1.54) is 0 Å². The van der Waals surface area contributed by atoms with Crippen molar-refractivity contribution < 1.29 is 9.47 Å². The van der Waals surface area contributed by atoms with Gasteiger partial charge in [-0.2, -0.15) is 0 Å². The van der Waals surface area contributed by atoms with Crippen molar-refractivity contribution in [2.75, 3.05) is 13.2 Å². The summed E-state index contributed by atoms with van der Waals surface area (Å²) in [7, 11) is 0. The maximum Gasteiger partial charge on any atom is 0.0656 e. The van der Waals surface area contributed by atoms with Gasteiger partial charge in [-0.05, 0) is 39.0 Å². The van der Waals surface area contributed by atoms with E-state index in [0.29, 0.717) is 24.1 Å². The Morgan fingerprint density at radius 3 is 2.50 bits per heavy atom. The fraction of sp³-hybridized carbons (Fsp3) is 1.00. The molecule has 0 aromatic carbocycles. The van der Waals surface area contributed by atoms with Crippen molar-refractivity contribution in [2.24, 2.45) is 11.3 Å². The van der Waals surface area contributed by atoms with Crippen molar-refractivity contribution in [1.82, 2.24) is 5.32 Å². The van der Waals surface area contributed by atoms with Gasteiger partial charge in [-0.15, -0.1) is 0 Å². The van der Waals surface area contributed by atoms with E-state index in [0.717, 1.165) is 32.5 Å². The topological polar surface area (TPSA) is 30.5 Å². The molecule has 2 fully saturated rings. The van der Waals surface area contributed by atoms with Crippen LogP contribution in [0.4, 0.5) is 0 Å². The summed E-state index contributed by atoms with van der Waals surface area (Å²) < 4.78 is 11.9.